The Morgan fingerprint density at radius 2 is 1.94 bits per heavy atom. The molecule has 1 aliphatic carbocycles. The number of aryl methyl sites for hydroxylation is 1. The Bertz CT molecular complexity index is 1170. The maximum atomic E-state index is 14.8. The van der Waals surface area contributed by atoms with E-state index < -0.39 is 26.6 Å². The fourth-order valence-electron chi connectivity index (χ4n) is 3.84. The monoisotopic (exact) mass is 449 g/mol. The molecule has 2 heterocycles. The van der Waals surface area contributed by atoms with Crippen LogP contribution in [0.3, 0.4) is 0 Å². The molecule has 0 spiro atoms. The van der Waals surface area contributed by atoms with E-state index in [1.807, 2.05) is 13.1 Å². The van der Waals surface area contributed by atoms with Crippen molar-refractivity contribution >= 4 is 15.8 Å². The summed E-state index contributed by atoms with van der Waals surface area (Å²) in [5.74, 6) is -2.48. The molecule has 31 heavy (non-hydrogen) atoms. The van der Waals surface area contributed by atoms with Crippen LogP contribution in [-0.4, -0.2) is 34.3 Å². The molecule has 1 N–H and O–H groups in total. The molecule has 4 rings (SSSR count). The van der Waals surface area contributed by atoms with Crippen LogP contribution in [0.5, 0.6) is 5.75 Å². The van der Waals surface area contributed by atoms with Gasteiger partial charge in [-0.2, -0.15) is 5.10 Å². The topological polar surface area (TPSA) is 99.0 Å². The predicted octanol–water partition coefficient (Wildman–Crippen LogP) is 3.39. The molecule has 1 saturated carbocycles. The van der Waals surface area contributed by atoms with Crippen molar-refractivity contribution in [3.05, 3.63) is 60.3 Å². The summed E-state index contributed by atoms with van der Waals surface area (Å²) in [5, 5.41) is 4.18. The summed E-state index contributed by atoms with van der Waals surface area (Å²) >= 11 is 0. The molecule has 1 aliphatic rings. The summed E-state index contributed by atoms with van der Waals surface area (Å²) in [5.41, 5.74) is 0.957. The molecular formula is C20H21F2N5O3S. The fraction of sp³-hybridized carbons (Fsp3) is 0.350. The zero-order valence-electron chi connectivity index (χ0n) is 16.7. The van der Waals surface area contributed by atoms with Crippen LogP contribution in [0.4, 0.5) is 14.6 Å². The Hall–Kier alpha value is -3.08. The SMILES string of the molecule is Cn1nccc1C1CCCC[C@@H]1Oc1cc(F)c(S(=O)(=O)Nc2ccncn2)cc1F. The molecule has 0 aliphatic heterocycles. The second kappa shape index (κ2) is 8.58. The highest BCUT2D eigenvalue weighted by Crippen LogP contribution is 2.37. The molecule has 1 aromatic carbocycles. The van der Waals surface area contributed by atoms with Gasteiger partial charge in [0.1, 0.15) is 29.0 Å². The van der Waals surface area contributed by atoms with Crippen LogP contribution in [0.1, 0.15) is 37.3 Å². The molecule has 2 aromatic heterocycles. The van der Waals surface area contributed by atoms with Crippen molar-refractivity contribution in [3.63, 3.8) is 0 Å². The van der Waals surface area contributed by atoms with E-state index in [2.05, 4.69) is 19.8 Å². The van der Waals surface area contributed by atoms with Gasteiger partial charge in [0.15, 0.2) is 11.6 Å². The van der Waals surface area contributed by atoms with Crippen molar-refractivity contribution in [2.24, 2.45) is 7.05 Å². The van der Waals surface area contributed by atoms with Gasteiger partial charge < -0.3 is 4.74 Å². The Kier molecular flexibility index (Phi) is 5.86. The maximum Gasteiger partial charge on any atom is 0.266 e. The Morgan fingerprint density at radius 1 is 1.13 bits per heavy atom. The van der Waals surface area contributed by atoms with E-state index in [0.717, 1.165) is 37.4 Å². The van der Waals surface area contributed by atoms with Gasteiger partial charge in [-0.3, -0.25) is 9.40 Å². The first kappa shape index (κ1) is 21.2. The van der Waals surface area contributed by atoms with Gasteiger partial charge in [-0.25, -0.2) is 27.2 Å². The highest BCUT2D eigenvalue weighted by atomic mass is 32.2. The van der Waals surface area contributed by atoms with Crippen molar-refractivity contribution in [2.75, 3.05) is 4.72 Å². The average molecular weight is 449 g/mol. The van der Waals surface area contributed by atoms with Gasteiger partial charge in [-0.05, 0) is 31.4 Å². The van der Waals surface area contributed by atoms with Crippen LogP contribution >= 0.6 is 0 Å². The number of hydrogen-bond donors (Lipinski definition) is 1. The van der Waals surface area contributed by atoms with Crippen LogP contribution in [-0.2, 0) is 17.1 Å². The molecule has 0 radical (unpaired) electrons. The fourth-order valence-corrected chi connectivity index (χ4v) is 4.92. The smallest absolute Gasteiger partial charge is 0.266 e. The van der Waals surface area contributed by atoms with Crippen LogP contribution in [0.15, 0.2) is 47.9 Å². The number of benzene rings is 1. The summed E-state index contributed by atoms with van der Waals surface area (Å²) < 4.78 is 64.2. The average Bonchev–Trinajstić information content (AvgIpc) is 3.17. The number of hydrogen-bond acceptors (Lipinski definition) is 6. The molecule has 0 bridgehead atoms. The first-order valence-corrected chi connectivity index (χ1v) is 11.3. The third-order valence-corrected chi connectivity index (χ3v) is 6.69. The summed E-state index contributed by atoms with van der Waals surface area (Å²) in [4.78, 5) is 6.57. The molecule has 1 unspecified atom stereocenters. The molecule has 11 heteroatoms. The molecule has 1 fully saturated rings. The van der Waals surface area contributed by atoms with E-state index in [0.29, 0.717) is 12.5 Å². The van der Waals surface area contributed by atoms with Crippen molar-refractivity contribution in [3.8, 4) is 5.75 Å². The lowest BCUT2D eigenvalue weighted by Gasteiger charge is -2.32. The number of sulfonamides is 1. The Morgan fingerprint density at radius 3 is 2.65 bits per heavy atom. The molecule has 0 saturated heterocycles. The summed E-state index contributed by atoms with van der Waals surface area (Å²) in [6, 6.07) is 4.58. The maximum absolute atomic E-state index is 14.8. The normalized spacial score (nSPS) is 19.2. The largest absolute Gasteiger partial charge is 0.487 e. The van der Waals surface area contributed by atoms with Crippen molar-refractivity contribution in [1.29, 1.82) is 0 Å². The Balaban J connectivity index is 1.59. The quantitative estimate of drug-likeness (QED) is 0.619. The van der Waals surface area contributed by atoms with Gasteiger partial charge in [-0.1, -0.05) is 6.42 Å². The van der Waals surface area contributed by atoms with Crippen LogP contribution in [0.25, 0.3) is 0 Å². The number of nitrogens with zero attached hydrogens (tertiary/aromatic N) is 4. The number of aromatic nitrogens is 4. The summed E-state index contributed by atoms with van der Waals surface area (Å²) in [6.07, 6.45) is 7.17. The lowest BCUT2D eigenvalue weighted by atomic mass is 9.84. The minimum absolute atomic E-state index is 0.0217. The highest BCUT2D eigenvalue weighted by molar-refractivity contribution is 7.92. The van der Waals surface area contributed by atoms with Gasteiger partial charge >= 0.3 is 0 Å². The van der Waals surface area contributed by atoms with Gasteiger partial charge in [0.05, 0.1) is 0 Å². The number of rotatable bonds is 6. The molecular weight excluding hydrogens is 428 g/mol. The van der Waals surface area contributed by atoms with E-state index in [1.165, 1.54) is 12.3 Å². The molecule has 8 nitrogen and oxygen atoms in total. The number of ether oxygens (including phenoxy) is 1. The first-order valence-electron chi connectivity index (χ1n) is 9.77. The minimum atomic E-state index is -4.39. The number of anilines is 1. The third kappa shape index (κ3) is 4.50. The highest BCUT2D eigenvalue weighted by Gasteiger charge is 2.32. The summed E-state index contributed by atoms with van der Waals surface area (Å²) in [7, 11) is -2.57. The number of nitrogens with one attached hydrogen (secondary N) is 1. The second-order valence-corrected chi connectivity index (χ2v) is 8.99. The molecule has 164 valence electrons. The van der Waals surface area contributed by atoms with Crippen molar-refractivity contribution in [2.45, 2.75) is 42.6 Å². The van der Waals surface area contributed by atoms with Crippen molar-refractivity contribution < 1.29 is 21.9 Å². The zero-order valence-corrected chi connectivity index (χ0v) is 17.5. The molecule has 2 atom stereocenters. The van der Waals surface area contributed by atoms with Crippen LogP contribution in [0, 0.1) is 11.6 Å². The van der Waals surface area contributed by atoms with Gasteiger partial charge in [0, 0.05) is 43.2 Å². The van der Waals surface area contributed by atoms with Crippen LogP contribution in [0.2, 0.25) is 0 Å². The number of halogens is 2. The third-order valence-electron chi connectivity index (χ3n) is 5.32. The minimum Gasteiger partial charge on any atom is -0.487 e. The lowest BCUT2D eigenvalue weighted by Crippen LogP contribution is -2.30. The molecule has 0 amide bonds. The van der Waals surface area contributed by atoms with E-state index >= 15 is 0 Å². The Labute approximate surface area is 178 Å². The van der Waals surface area contributed by atoms with Crippen LogP contribution < -0.4 is 9.46 Å². The summed E-state index contributed by atoms with van der Waals surface area (Å²) in [6.45, 7) is 0. The van der Waals surface area contributed by atoms with E-state index in [4.69, 9.17) is 4.74 Å². The predicted molar refractivity (Wildman–Crippen MR) is 108 cm³/mol. The van der Waals surface area contributed by atoms with Gasteiger partial charge in [-0.15, -0.1) is 0 Å². The van der Waals surface area contributed by atoms with Gasteiger partial charge in [0.25, 0.3) is 10.0 Å². The van der Waals surface area contributed by atoms with E-state index in [9.17, 15) is 17.2 Å². The first-order chi connectivity index (χ1) is 14.8. The second-order valence-electron chi connectivity index (χ2n) is 7.34. The van der Waals surface area contributed by atoms with E-state index in [-0.39, 0.29) is 23.6 Å². The molecule has 3 aromatic rings. The van der Waals surface area contributed by atoms with Crippen molar-refractivity contribution in [1.82, 2.24) is 19.7 Å². The van der Waals surface area contributed by atoms with E-state index in [1.54, 1.807) is 10.9 Å². The lowest BCUT2D eigenvalue weighted by molar-refractivity contribution is 0.120. The standard InChI is InChI=1S/C20H21F2N5O3S/c1-27-16(6-9-25-27)13-4-2-3-5-17(13)30-18-10-15(22)19(11-14(18)21)31(28,29)26-20-7-8-23-12-24-20/h6-13,17H,2-5H2,1H3,(H,23,24,26)/t13?,17-/m0/s1. The zero-order chi connectivity index (χ0) is 22.0. The van der Waals surface area contributed by atoms with Gasteiger partial charge in [0.2, 0.25) is 0 Å².